The minimum atomic E-state index is 0.0689. The van der Waals surface area contributed by atoms with Crippen LogP contribution in [0.3, 0.4) is 0 Å². The van der Waals surface area contributed by atoms with Crippen LogP contribution < -0.4 is 0 Å². The van der Waals surface area contributed by atoms with E-state index >= 15 is 0 Å². The highest BCUT2D eigenvalue weighted by molar-refractivity contribution is 5.87. The normalized spacial score (nSPS) is 25.4. The first-order chi connectivity index (χ1) is 9.34. The second-order valence-electron chi connectivity index (χ2n) is 5.02. The molecule has 2 rings (SSSR count). The molecule has 0 spiro atoms. The van der Waals surface area contributed by atoms with Crippen molar-refractivity contribution in [2.75, 3.05) is 0 Å². The van der Waals surface area contributed by atoms with Crippen LogP contribution in [-0.4, -0.2) is 11.9 Å². The molecule has 1 saturated carbocycles. The molecule has 1 aliphatic heterocycles. The number of carbonyl (C=O) groups excluding carboxylic acids is 1. The molecule has 0 bridgehead atoms. The average molecular weight is 256 g/mol. The van der Waals surface area contributed by atoms with E-state index in [1.54, 1.807) is 6.26 Å². The Morgan fingerprint density at radius 3 is 2.79 bits per heavy atom. The highest BCUT2D eigenvalue weighted by Crippen LogP contribution is 2.47. The van der Waals surface area contributed by atoms with Crippen LogP contribution >= 0.6 is 0 Å². The quantitative estimate of drug-likeness (QED) is 0.558. The van der Waals surface area contributed by atoms with E-state index in [1.165, 1.54) is 19.3 Å². The molecule has 100 valence electrons. The van der Waals surface area contributed by atoms with Crippen molar-refractivity contribution in [2.24, 2.45) is 11.8 Å². The zero-order chi connectivity index (χ0) is 13.5. The molecule has 2 nitrogen and oxygen atoms in total. The van der Waals surface area contributed by atoms with Crippen molar-refractivity contribution in [3.63, 3.8) is 0 Å². The van der Waals surface area contributed by atoms with Gasteiger partial charge in [0.05, 0.1) is 25.0 Å². The predicted octanol–water partition coefficient (Wildman–Crippen LogP) is 3.08. The molecule has 1 heterocycles. The highest BCUT2D eigenvalue weighted by atomic mass is 16.5. The molecule has 0 amide bonds. The van der Waals surface area contributed by atoms with Gasteiger partial charge in [-0.15, -0.1) is 5.92 Å². The number of hydrogen-bond donors (Lipinski definition) is 0. The van der Waals surface area contributed by atoms with E-state index in [0.29, 0.717) is 18.8 Å². The van der Waals surface area contributed by atoms with Gasteiger partial charge < -0.3 is 4.74 Å². The molecule has 19 heavy (non-hydrogen) atoms. The lowest BCUT2D eigenvalue weighted by molar-refractivity contribution is -0.120. The van der Waals surface area contributed by atoms with Crippen LogP contribution in [-0.2, 0) is 9.53 Å². The first-order valence-electron chi connectivity index (χ1n) is 7.11. The van der Waals surface area contributed by atoms with Crippen molar-refractivity contribution in [1.82, 2.24) is 0 Å². The number of unbranched alkanes of at least 4 members (excludes halogenated alkanes) is 3. The van der Waals surface area contributed by atoms with Gasteiger partial charge in [0.1, 0.15) is 6.10 Å². The van der Waals surface area contributed by atoms with Gasteiger partial charge in [-0.3, -0.25) is 4.79 Å². The molecule has 2 aliphatic rings. The summed E-state index contributed by atoms with van der Waals surface area (Å²) >= 11 is 0. The number of hydrogen-bond acceptors (Lipinski definition) is 2. The standard InChI is InChI=1S/C17H20O2/c1-2-3-4-5-6-7-8-9-10-11-15(18)16-14-12-13-19-17(14)16/h12-14,16-17H,2-5,8,11H2,1H3. The number of ether oxygens (including phenoxy) is 1. The van der Waals surface area contributed by atoms with E-state index in [0.717, 1.165) is 6.42 Å². The lowest BCUT2D eigenvalue weighted by Gasteiger charge is -1.96. The van der Waals surface area contributed by atoms with E-state index in [4.69, 9.17) is 4.74 Å². The van der Waals surface area contributed by atoms with E-state index in [1.807, 2.05) is 6.08 Å². The SMILES string of the molecule is CCCCCC#CCC#CCC(=O)C1C2C=COC21. The minimum absolute atomic E-state index is 0.0689. The maximum absolute atomic E-state index is 11.8. The molecule has 0 aromatic carbocycles. The fourth-order valence-corrected chi connectivity index (χ4v) is 2.32. The Balaban J connectivity index is 1.57. The monoisotopic (exact) mass is 256 g/mol. The Hall–Kier alpha value is -1.67. The van der Waals surface area contributed by atoms with Gasteiger partial charge in [0.2, 0.25) is 0 Å². The van der Waals surface area contributed by atoms with Crippen LogP contribution in [0.15, 0.2) is 12.3 Å². The second-order valence-corrected chi connectivity index (χ2v) is 5.02. The summed E-state index contributed by atoms with van der Waals surface area (Å²) in [6, 6.07) is 0. The van der Waals surface area contributed by atoms with Crippen LogP contribution in [0.25, 0.3) is 0 Å². The predicted molar refractivity (Wildman–Crippen MR) is 74.9 cm³/mol. The Kier molecular flexibility index (Phi) is 5.10. The lowest BCUT2D eigenvalue weighted by Crippen LogP contribution is -2.04. The second kappa shape index (κ2) is 7.05. The van der Waals surface area contributed by atoms with Crippen LogP contribution in [0.2, 0.25) is 0 Å². The van der Waals surface area contributed by atoms with Crippen molar-refractivity contribution in [3.8, 4) is 23.7 Å². The molecule has 1 aliphatic carbocycles. The van der Waals surface area contributed by atoms with Gasteiger partial charge in [-0.2, -0.15) is 0 Å². The third kappa shape index (κ3) is 3.90. The van der Waals surface area contributed by atoms with Crippen LogP contribution in [0.1, 0.15) is 45.4 Å². The Morgan fingerprint density at radius 2 is 2.05 bits per heavy atom. The largest absolute Gasteiger partial charge is 0.497 e. The van der Waals surface area contributed by atoms with Crippen LogP contribution in [0.4, 0.5) is 0 Å². The van der Waals surface area contributed by atoms with Gasteiger partial charge in [0.25, 0.3) is 0 Å². The molecule has 0 aromatic heterocycles. The third-order valence-corrected chi connectivity index (χ3v) is 3.51. The van der Waals surface area contributed by atoms with Crippen molar-refractivity contribution < 1.29 is 9.53 Å². The van der Waals surface area contributed by atoms with Gasteiger partial charge in [0, 0.05) is 12.3 Å². The fourth-order valence-electron chi connectivity index (χ4n) is 2.32. The van der Waals surface area contributed by atoms with E-state index in [9.17, 15) is 4.79 Å². The van der Waals surface area contributed by atoms with E-state index < -0.39 is 0 Å². The van der Waals surface area contributed by atoms with Gasteiger partial charge in [-0.05, 0) is 12.5 Å². The molecule has 0 saturated heterocycles. The topological polar surface area (TPSA) is 26.3 Å². The summed E-state index contributed by atoms with van der Waals surface area (Å²) in [5.41, 5.74) is 0. The zero-order valence-corrected chi connectivity index (χ0v) is 11.4. The molecule has 3 unspecified atom stereocenters. The summed E-state index contributed by atoms with van der Waals surface area (Å²) in [6.45, 7) is 2.19. The number of ketones is 1. The number of Topliss-reactive ketones (excluding diaryl/α,β-unsaturated/α-hetero) is 1. The summed E-state index contributed by atoms with van der Waals surface area (Å²) in [4.78, 5) is 11.8. The Labute approximate surface area is 115 Å². The number of fused-ring (bicyclic) bond motifs is 1. The first-order valence-corrected chi connectivity index (χ1v) is 7.11. The smallest absolute Gasteiger partial charge is 0.152 e. The molecular formula is C17H20O2. The number of carbonyl (C=O) groups is 1. The van der Waals surface area contributed by atoms with Crippen LogP contribution in [0.5, 0.6) is 0 Å². The van der Waals surface area contributed by atoms with Gasteiger partial charge in [0.15, 0.2) is 5.78 Å². The fraction of sp³-hybridized carbons (Fsp3) is 0.588. The van der Waals surface area contributed by atoms with Gasteiger partial charge >= 0.3 is 0 Å². The minimum Gasteiger partial charge on any atom is -0.497 e. The van der Waals surface area contributed by atoms with Crippen molar-refractivity contribution in [1.29, 1.82) is 0 Å². The van der Waals surface area contributed by atoms with Gasteiger partial charge in [-0.1, -0.05) is 37.5 Å². The molecule has 0 radical (unpaired) electrons. The maximum Gasteiger partial charge on any atom is 0.152 e. The first kappa shape index (κ1) is 13.8. The summed E-state index contributed by atoms with van der Waals surface area (Å²) < 4.78 is 5.28. The molecule has 3 atom stereocenters. The Bertz CT molecular complexity index is 467. The summed E-state index contributed by atoms with van der Waals surface area (Å²) in [5, 5.41) is 0. The highest BCUT2D eigenvalue weighted by Gasteiger charge is 2.56. The average Bonchev–Trinajstić information content (AvgIpc) is 2.90. The molecule has 0 N–H and O–H groups in total. The maximum atomic E-state index is 11.8. The van der Waals surface area contributed by atoms with Crippen molar-refractivity contribution >= 4 is 5.78 Å². The molecule has 1 fully saturated rings. The van der Waals surface area contributed by atoms with Crippen molar-refractivity contribution in [3.05, 3.63) is 12.3 Å². The van der Waals surface area contributed by atoms with Crippen LogP contribution in [0, 0.1) is 35.5 Å². The Morgan fingerprint density at radius 1 is 1.21 bits per heavy atom. The third-order valence-electron chi connectivity index (χ3n) is 3.51. The summed E-state index contributed by atoms with van der Waals surface area (Å²) in [7, 11) is 0. The lowest BCUT2D eigenvalue weighted by atomic mass is 10.1. The summed E-state index contributed by atoms with van der Waals surface area (Å²) in [6.07, 6.45) is 9.31. The van der Waals surface area contributed by atoms with E-state index in [-0.39, 0.29) is 17.8 Å². The molecular weight excluding hydrogens is 236 g/mol. The number of rotatable bonds is 5. The summed E-state index contributed by atoms with van der Waals surface area (Å²) in [5.74, 6) is 12.6. The zero-order valence-electron chi connectivity index (χ0n) is 11.4. The van der Waals surface area contributed by atoms with Gasteiger partial charge in [-0.25, -0.2) is 0 Å². The van der Waals surface area contributed by atoms with Crippen molar-refractivity contribution in [2.45, 2.75) is 51.6 Å². The van der Waals surface area contributed by atoms with E-state index in [2.05, 4.69) is 30.6 Å². The molecule has 0 aromatic rings. The molecule has 2 heteroatoms.